The van der Waals surface area contributed by atoms with Crippen molar-refractivity contribution in [3.63, 3.8) is 0 Å². The number of benzene rings is 1. The van der Waals surface area contributed by atoms with Crippen LogP contribution in [-0.4, -0.2) is 43.4 Å². The number of nitriles is 1. The van der Waals surface area contributed by atoms with Crippen LogP contribution in [0, 0.1) is 16.7 Å². The van der Waals surface area contributed by atoms with Gasteiger partial charge < -0.3 is 4.90 Å². The molecule has 1 fully saturated rings. The van der Waals surface area contributed by atoms with Crippen LogP contribution in [0.2, 0.25) is 0 Å². The molecule has 0 aliphatic carbocycles. The van der Waals surface area contributed by atoms with Gasteiger partial charge >= 0.3 is 0 Å². The highest BCUT2D eigenvalue weighted by Gasteiger charge is 2.21. The standard InChI is InChI=1S/C19H27N3O/c1-15(23)16-5-6-17(14-20)18(13-16)22-11-9-21(10-12-22)8-7-19(2,3)4/h5-6,13H,7-12H2,1-4H3. The number of carbonyl (C=O) groups is 1. The van der Waals surface area contributed by atoms with Crippen molar-refractivity contribution in [3.05, 3.63) is 29.3 Å². The normalized spacial score (nSPS) is 16.2. The second-order valence-corrected chi connectivity index (χ2v) is 7.54. The predicted octanol–water partition coefficient (Wildman–Crippen LogP) is 3.32. The molecule has 1 aliphatic rings. The van der Waals surface area contributed by atoms with Crippen LogP contribution in [0.4, 0.5) is 5.69 Å². The molecule has 0 N–H and O–H groups in total. The minimum atomic E-state index is 0.0413. The molecular formula is C19H27N3O. The van der Waals surface area contributed by atoms with Crippen LogP contribution in [0.5, 0.6) is 0 Å². The summed E-state index contributed by atoms with van der Waals surface area (Å²) in [5.41, 5.74) is 2.59. The fraction of sp³-hybridized carbons (Fsp3) is 0.579. The second-order valence-electron chi connectivity index (χ2n) is 7.54. The number of hydrogen-bond acceptors (Lipinski definition) is 4. The number of anilines is 1. The zero-order valence-electron chi connectivity index (χ0n) is 14.7. The monoisotopic (exact) mass is 313 g/mol. The molecule has 0 bridgehead atoms. The lowest BCUT2D eigenvalue weighted by Gasteiger charge is -2.37. The van der Waals surface area contributed by atoms with E-state index in [-0.39, 0.29) is 5.78 Å². The van der Waals surface area contributed by atoms with Crippen LogP contribution in [0.3, 0.4) is 0 Å². The third kappa shape index (κ3) is 4.80. The molecule has 2 rings (SSSR count). The molecule has 1 saturated heterocycles. The number of carbonyl (C=O) groups excluding carboxylic acids is 1. The Hall–Kier alpha value is -1.86. The van der Waals surface area contributed by atoms with Crippen molar-refractivity contribution in [3.8, 4) is 6.07 Å². The highest BCUT2D eigenvalue weighted by Crippen LogP contribution is 2.24. The Bertz CT molecular complexity index is 602. The third-order valence-electron chi connectivity index (χ3n) is 4.42. The topological polar surface area (TPSA) is 47.3 Å². The lowest BCUT2D eigenvalue weighted by molar-refractivity contribution is 0.101. The van der Waals surface area contributed by atoms with Gasteiger partial charge in [0.1, 0.15) is 6.07 Å². The Morgan fingerprint density at radius 1 is 1.22 bits per heavy atom. The Kier molecular flexibility index (Phi) is 5.43. The largest absolute Gasteiger partial charge is 0.368 e. The third-order valence-corrected chi connectivity index (χ3v) is 4.42. The van der Waals surface area contributed by atoms with E-state index in [4.69, 9.17) is 0 Å². The lowest BCUT2D eigenvalue weighted by atomic mass is 9.92. The smallest absolute Gasteiger partial charge is 0.159 e. The Balaban J connectivity index is 2.04. The van der Waals surface area contributed by atoms with Gasteiger partial charge in [0.15, 0.2) is 5.78 Å². The van der Waals surface area contributed by atoms with E-state index in [2.05, 4.69) is 36.6 Å². The van der Waals surface area contributed by atoms with E-state index in [0.717, 1.165) is 38.4 Å². The SMILES string of the molecule is CC(=O)c1ccc(C#N)c(N2CCN(CCC(C)(C)C)CC2)c1. The van der Waals surface area contributed by atoms with E-state index in [0.29, 0.717) is 16.5 Å². The average molecular weight is 313 g/mol. The van der Waals surface area contributed by atoms with Crippen molar-refractivity contribution in [1.29, 1.82) is 5.26 Å². The van der Waals surface area contributed by atoms with E-state index >= 15 is 0 Å². The van der Waals surface area contributed by atoms with Crippen LogP contribution < -0.4 is 4.90 Å². The summed E-state index contributed by atoms with van der Waals surface area (Å²) < 4.78 is 0. The number of nitrogens with zero attached hydrogens (tertiary/aromatic N) is 3. The van der Waals surface area contributed by atoms with Gasteiger partial charge in [0.2, 0.25) is 0 Å². The van der Waals surface area contributed by atoms with Gasteiger partial charge in [0.05, 0.1) is 11.3 Å². The van der Waals surface area contributed by atoms with E-state index in [1.807, 2.05) is 6.07 Å². The van der Waals surface area contributed by atoms with Crippen LogP contribution in [0.25, 0.3) is 0 Å². The molecule has 4 heteroatoms. The maximum Gasteiger partial charge on any atom is 0.159 e. The quantitative estimate of drug-likeness (QED) is 0.800. The molecule has 124 valence electrons. The molecule has 1 aliphatic heterocycles. The first-order valence-corrected chi connectivity index (χ1v) is 8.32. The highest BCUT2D eigenvalue weighted by atomic mass is 16.1. The van der Waals surface area contributed by atoms with Crippen molar-refractivity contribution in [2.24, 2.45) is 5.41 Å². The summed E-state index contributed by atoms with van der Waals surface area (Å²) in [7, 11) is 0. The first-order chi connectivity index (χ1) is 10.8. The molecule has 4 nitrogen and oxygen atoms in total. The summed E-state index contributed by atoms with van der Waals surface area (Å²) in [6.45, 7) is 13.3. The molecule has 0 saturated carbocycles. The van der Waals surface area contributed by atoms with Gasteiger partial charge in [-0.25, -0.2) is 0 Å². The highest BCUT2D eigenvalue weighted by molar-refractivity contribution is 5.95. The second kappa shape index (κ2) is 7.14. The Morgan fingerprint density at radius 2 is 1.87 bits per heavy atom. The van der Waals surface area contributed by atoms with E-state index < -0.39 is 0 Å². The maximum absolute atomic E-state index is 11.6. The summed E-state index contributed by atoms with van der Waals surface area (Å²) in [6.07, 6.45) is 1.19. The molecule has 23 heavy (non-hydrogen) atoms. The van der Waals surface area contributed by atoms with Gasteiger partial charge in [-0.2, -0.15) is 5.26 Å². The zero-order chi connectivity index (χ0) is 17.0. The minimum absolute atomic E-state index is 0.0413. The molecular weight excluding hydrogens is 286 g/mol. The first kappa shape index (κ1) is 17.5. The zero-order valence-corrected chi connectivity index (χ0v) is 14.7. The van der Waals surface area contributed by atoms with Gasteiger partial charge in [-0.1, -0.05) is 20.8 Å². The summed E-state index contributed by atoms with van der Waals surface area (Å²) >= 11 is 0. The molecule has 0 spiro atoms. The predicted molar refractivity (Wildman–Crippen MR) is 93.9 cm³/mol. The molecule has 0 amide bonds. The van der Waals surface area contributed by atoms with Gasteiger partial charge in [-0.05, 0) is 43.5 Å². The molecule has 0 radical (unpaired) electrons. The summed E-state index contributed by atoms with van der Waals surface area (Å²) in [5.74, 6) is 0.0413. The number of ketones is 1. The molecule has 0 atom stereocenters. The number of Topliss-reactive ketones (excluding diaryl/α,β-unsaturated/α-hetero) is 1. The fourth-order valence-electron chi connectivity index (χ4n) is 2.81. The number of piperazine rings is 1. The lowest BCUT2D eigenvalue weighted by Crippen LogP contribution is -2.47. The summed E-state index contributed by atoms with van der Waals surface area (Å²) in [6, 6.07) is 7.62. The first-order valence-electron chi connectivity index (χ1n) is 8.32. The average Bonchev–Trinajstić information content (AvgIpc) is 2.52. The Labute approximate surface area is 139 Å². The van der Waals surface area contributed by atoms with Crippen molar-refractivity contribution in [1.82, 2.24) is 4.90 Å². The van der Waals surface area contributed by atoms with Gasteiger partial charge in [0, 0.05) is 31.7 Å². The van der Waals surface area contributed by atoms with E-state index in [1.54, 1.807) is 19.1 Å². The van der Waals surface area contributed by atoms with Crippen LogP contribution in [0.15, 0.2) is 18.2 Å². The molecule has 1 heterocycles. The number of rotatable bonds is 4. The maximum atomic E-state index is 11.6. The van der Waals surface area contributed by atoms with Crippen molar-refractivity contribution >= 4 is 11.5 Å². The van der Waals surface area contributed by atoms with Crippen molar-refractivity contribution in [2.45, 2.75) is 34.1 Å². The van der Waals surface area contributed by atoms with E-state index in [1.165, 1.54) is 6.42 Å². The molecule has 1 aromatic carbocycles. The fourth-order valence-corrected chi connectivity index (χ4v) is 2.81. The molecule has 0 aromatic heterocycles. The van der Waals surface area contributed by atoms with Gasteiger partial charge in [-0.15, -0.1) is 0 Å². The molecule has 1 aromatic rings. The van der Waals surface area contributed by atoms with Crippen LogP contribution in [0.1, 0.15) is 50.0 Å². The van der Waals surface area contributed by atoms with Crippen molar-refractivity contribution < 1.29 is 4.79 Å². The van der Waals surface area contributed by atoms with E-state index in [9.17, 15) is 10.1 Å². The van der Waals surface area contributed by atoms with Crippen LogP contribution in [-0.2, 0) is 0 Å². The Morgan fingerprint density at radius 3 is 2.39 bits per heavy atom. The van der Waals surface area contributed by atoms with Gasteiger partial charge in [0.25, 0.3) is 0 Å². The number of hydrogen-bond donors (Lipinski definition) is 0. The summed E-state index contributed by atoms with van der Waals surface area (Å²) in [4.78, 5) is 16.3. The van der Waals surface area contributed by atoms with Crippen molar-refractivity contribution in [2.75, 3.05) is 37.6 Å². The van der Waals surface area contributed by atoms with Crippen LogP contribution >= 0.6 is 0 Å². The summed E-state index contributed by atoms with van der Waals surface area (Å²) in [5, 5.41) is 9.33. The van der Waals surface area contributed by atoms with Gasteiger partial charge in [-0.3, -0.25) is 9.69 Å². The molecule has 0 unspecified atom stereocenters. The minimum Gasteiger partial charge on any atom is -0.368 e.